The molecule has 21 heteroatoms. The lowest BCUT2D eigenvalue weighted by Gasteiger charge is -2.46. The molecule has 0 spiro atoms. The number of alkyl halides is 3. The summed E-state index contributed by atoms with van der Waals surface area (Å²) in [7, 11) is 1.40. The number of quaternary nitrogens is 1. The van der Waals surface area contributed by atoms with Crippen LogP contribution in [0.2, 0.25) is 5.02 Å². The molecule has 1 aromatic carbocycles. The van der Waals surface area contributed by atoms with Gasteiger partial charge in [0.2, 0.25) is 5.91 Å². The van der Waals surface area contributed by atoms with Crippen molar-refractivity contribution in [2.45, 2.75) is 25.6 Å². The van der Waals surface area contributed by atoms with Crippen LogP contribution in [0, 0.1) is 11.8 Å². The Hall–Kier alpha value is -5.83. The van der Waals surface area contributed by atoms with Crippen molar-refractivity contribution in [3.63, 3.8) is 0 Å². The summed E-state index contributed by atoms with van der Waals surface area (Å²) in [5, 5.41) is 28.7. The Morgan fingerprint density at radius 1 is 1.02 bits per heavy atom. The van der Waals surface area contributed by atoms with Gasteiger partial charge >= 0.3 is 12.1 Å². The van der Waals surface area contributed by atoms with E-state index in [0.717, 1.165) is 30.5 Å². The summed E-state index contributed by atoms with van der Waals surface area (Å²) in [4.78, 5) is 64.2. The standard InChI is InChI=1S/C41H45ClF3N11O6/c1-51-33(29-22-55(50-36(29)41(43,44)45)34-5-4-32-31(49-34)6-9-52(32)14-17-57)21-47-37(51)38(60)48-27-2-3-28(30(42)18-27)40(62)54-12-10-53(11-13-54)39(61)26-7-15-56(16-8-26,24-35(58)59)23-25-19-46-20-25/h2-6,9,18,21-22,25-26,46,57H,7-8,10-17,19-20,23-24H2,1H3,(H-,48,58,59,60,62)/p+1. The van der Waals surface area contributed by atoms with Gasteiger partial charge in [-0.25, -0.2) is 19.4 Å². The van der Waals surface area contributed by atoms with E-state index in [1.165, 1.54) is 42.1 Å². The number of amides is 3. The molecule has 4 aromatic heterocycles. The van der Waals surface area contributed by atoms with Crippen molar-refractivity contribution in [3.05, 3.63) is 77.1 Å². The molecule has 5 aromatic rings. The van der Waals surface area contributed by atoms with Crippen LogP contribution in [-0.2, 0) is 29.4 Å². The number of likely N-dealkylation sites (tertiary alicyclic amines) is 1. The Morgan fingerprint density at radius 3 is 2.39 bits per heavy atom. The van der Waals surface area contributed by atoms with Gasteiger partial charge in [-0.15, -0.1) is 0 Å². The SMILES string of the molecule is Cn1c(-c2cn(-c3ccc4c(ccn4CCO)n3)nc2C(F)(F)F)cnc1C(=O)Nc1ccc(C(=O)N2CCN(C(=O)C3CC[N+](CC(=O)O)(CC4CNC4)CC3)CC2)c(Cl)c1. The number of imidazole rings is 1. The molecular weight excluding hydrogens is 835 g/mol. The Balaban J connectivity index is 0.889. The second-order valence-electron chi connectivity index (χ2n) is 16.3. The number of anilines is 1. The molecule has 0 bridgehead atoms. The van der Waals surface area contributed by atoms with E-state index >= 15 is 0 Å². The second-order valence-corrected chi connectivity index (χ2v) is 16.7. The van der Waals surface area contributed by atoms with Crippen LogP contribution >= 0.6 is 11.6 Å². The molecule has 3 aliphatic rings. The molecule has 0 atom stereocenters. The quantitative estimate of drug-likeness (QED) is 0.135. The fourth-order valence-corrected chi connectivity index (χ4v) is 9.11. The van der Waals surface area contributed by atoms with Crippen LogP contribution in [0.5, 0.6) is 0 Å². The summed E-state index contributed by atoms with van der Waals surface area (Å²) in [5.74, 6) is -1.69. The van der Waals surface area contributed by atoms with Gasteiger partial charge in [-0.2, -0.15) is 18.3 Å². The third-order valence-corrected chi connectivity index (χ3v) is 12.5. The van der Waals surface area contributed by atoms with Gasteiger partial charge < -0.3 is 44.3 Å². The predicted molar refractivity (Wildman–Crippen MR) is 219 cm³/mol. The number of hydrogen-bond acceptors (Lipinski definition) is 9. The van der Waals surface area contributed by atoms with Crippen LogP contribution in [0.25, 0.3) is 28.1 Å². The number of nitrogens with one attached hydrogen (secondary N) is 2. The normalized spacial score (nSPS) is 19.7. The predicted octanol–water partition coefficient (Wildman–Crippen LogP) is 3.35. The first-order valence-electron chi connectivity index (χ1n) is 20.4. The maximum atomic E-state index is 14.3. The van der Waals surface area contributed by atoms with Crippen molar-refractivity contribution in [1.29, 1.82) is 0 Å². The van der Waals surface area contributed by atoms with Gasteiger partial charge in [0.15, 0.2) is 23.9 Å². The number of rotatable bonds is 12. The minimum atomic E-state index is -4.86. The average molecular weight is 881 g/mol. The number of nitrogens with zero attached hydrogens (tertiary/aromatic N) is 9. The summed E-state index contributed by atoms with van der Waals surface area (Å²) >= 11 is 6.57. The molecule has 3 aliphatic heterocycles. The van der Waals surface area contributed by atoms with Gasteiger partial charge in [0.25, 0.3) is 11.8 Å². The average Bonchev–Trinajstić information content (AvgIpc) is 3.96. The van der Waals surface area contributed by atoms with Crippen molar-refractivity contribution in [2.75, 3.05) is 77.4 Å². The van der Waals surface area contributed by atoms with E-state index in [2.05, 4.69) is 25.7 Å². The number of fused-ring (bicyclic) bond motifs is 1. The fraction of sp³-hybridized carbons (Fsp3) is 0.439. The molecule has 0 radical (unpaired) electrons. The van der Waals surface area contributed by atoms with E-state index in [0.29, 0.717) is 80.1 Å². The molecule has 7 heterocycles. The number of benzene rings is 1. The molecule has 0 aliphatic carbocycles. The van der Waals surface area contributed by atoms with E-state index in [4.69, 9.17) is 11.6 Å². The van der Waals surface area contributed by atoms with E-state index in [1.807, 2.05) is 0 Å². The number of aliphatic hydroxyl groups excluding tert-OH is 1. The topological polar surface area (TPSA) is 193 Å². The van der Waals surface area contributed by atoms with Gasteiger partial charge in [-0.1, -0.05) is 11.6 Å². The summed E-state index contributed by atoms with van der Waals surface area (Å²) in [5.41, 5.74) is 0.0480. The van der Waals surface area contributed by atoms with E-state index in [9.17, 15) is 42.6 Å². The first-order valence-corrected chi connectivity index (χ1v) is 20.7. The number of carboxylic acids is 1. The number of carbonyl (C=O) groups excluding carboxylic acids is 3. The van der Waals surface area contributed by atoms with Gasteiger partial charge in [0.05, 0.1) is 65.3 Å². The minimum Gasteiger partial charge on any atom is -0.477 e. The maximum absolute atomic E-state index is 14.3. The molecule has 0 saturated carbocycles. The van der Waals surface area contributed by atoms with Gasteiger partial charge in [-0.05, 0) is 36.4 Å². The summed E-state index contributed by atoms with van der Waals surface area (Å²) in [6.45, 7) is 5.44. The summed E-state index contributed by atoms with van der Waals surface area (Å²) in [6, 6.07) is 9.25. The zero-order chi connectivity index (χ0) is 43.9. The van der Waals surface area contributed by atoms with Gasteiger partial charge in [-0.3, -0.25) is 14.4 Å². The fourth-order valence-electron chi connectivity index (χ4n) is 8.84. The van der Waals surface area contributed by atoms with Crippen LogP contribution < -0.4 is 10.6 Å². The molecule has 4 N–H and O–H groups in total. The van der Waals surface area contributed by atoms with Crippen LogP contribution in [0.4, 0.5) is 18.9 Å². The zero-order valence-corrected chi connectivity index (χ0v) is 34.6. The lowest BCUT2D eigenvalue weighted by molar-refractivity contribution is -0.929. The third-order valence-electron chi connectivity index (χ3n) is 12.2. The van der Waals surface area contributed by atoms with Gasteiger partial charge in [0.1, 0.15) is 0 Å². The lowest BCUT2D eigenvalue weighted by atomic mass is 9.90. The highest BCUT2D eigenvalue weighted by molar-refractivity contribution is 6.34. The molecule has 0 unspecified atom stereocenters. The van der Waals surface area contributed by atoms with Gasteiger partial charge in [0, 0.05) is 95.6 Å². The smallest absolute Gasteiger partial charge is 0.435 e. The summed E-state index contributed by atoms with van der Waals surface area (Å²) in [6.07, 6.45) is 0.425. The number of hydrogen-bond donors (Lipinski definition) is 4. The summed E-state index contributed by atoms with van der Waals surface area (Å²) < 4.78 is 47.5. The second kappa shape index (κ2) is 17.1. The number of carboxylic acid groups (broad SMARTS) is 1. The Bertz CT molecular complexity index is 2520. The van der Waals surface area contributed by atoms with Crippen LogP contribution in [-0.4, -0.2) is 149 Å². The Morgan fingerprint density at radius 2 is 1.74 bits per heavy atom. The monoisotopic (exact) mass is 880 g/mol. The van der Waals surface area contributed by atoms with Crippen molar-refractivity contribution in [1.82, 2.24) is 44.0 Å². The number of carbonyl (C=O) groups is 4. The lowest BCUT2D eigenvalue weighted by Crippen LogP contribution is -2.62. The Kier molecular flexibility index (Phi) is 11.8. The van der Waals surface area contributed by atoms with Crippen LogP contribution in [0.15, 0.2) is 55.0 Å². The molecular formula is C41H46ClF3N11O6+. The van der Waals surface area contributed by atoms with Crippen molar-refractivity contribution in [2.24, 2.45) is 18.9 Å². The highest BCUT2D eigenvalue weighted by Gasteiger charge is 2.43. The van der Waals surface area contributed by atoms with E-state index in [-0.39, 0.29) is 70.1 Å². The number of aliphatic hydroxyl groups is 1. The number of piperazine rings is 1. The minimum absolute atomic E-state index is 0.0296. The van der Waals surface area contributed by atoms with Crippen LogP contribution in [0.3, 0.4) is 0 Å². The highest BCUT2D eigenvalue weighted by atomic mass is 35.5. The number of piperidine rings is 1. The van der Waals surface area contributed by atoms with Crippen molar-refractivity contribution >= 4 is 52.0 Å². The molecule has 3 amide bonds. The third kappa shape index (κ3) is 8.64. The number of aliphatic carboxylic acids is 1. The molecule has 8 rings (SSSR count). The number of pyridine rings is 1. The highest BCUT2D eigenvalue weighted by Crippen LogP contribution is 2.37. The number of halogens is 4. The van der Waals surface area contributed by atoms with Crippen molar-refractivity contribution in [3.8, 4) is 17.1 Å². The first-order chi connectivity index (χ1) is 29.6. The molecule has 3 saturated heterocycles. The van der Waals surface area contributed by atoms with E-state index in [1.54, 1.807) is 32.7 Å². The molecule has 17 nitrogen and oxygen atoms in total. The Labute approximate surface area is 358 Å². The molecule has 3 fully saturated rings. The number of aromatic nitrogens is 6. The molecule has 62 heavy (non-hydrogen) atoms. The maximum Gasteiger partial charge on any atom is 0.435 e. The zero-order valence-electron chi connectivity index (χ0n) is 33.8. The molecule has 328 valence electrons. The van der Waals surface area contributed by atoms with Crippen molar-refractivity contribution < 1.29 is 47.0 Å². The first kappa shape index (κ1) is 42.8. The van der Waals surface area contributed by atoms with E-state index < -0.39 is 23.7 Å². The largest absolute Gasteiger partial charge is 0.477 e. The van der Waals surface area contributed by atoms with Crippen LogP contribution in [0.1, 0.15) is 39.5 Å².